The zero-order valence-corrected chi connectivity index (χ0v) is 9.93. The molecule has 3 heteroatoms. The summed E-state index contributed by atoms with van der Waals surface area (Å²) in [5, 5.41) is 0. The van der Waals surface area contributed by atoms with E-state index in [0.29, 0.717) is 6.61 Å². The monoisotopic (exact) mass is 219 g/mol. The van der Waals surface area contributed by atoms with E-state index in [2.05, 4.69) is 19.9 Å². The number of fused-ring (bicyclic) bond motifs is 3. The van der Waals surface area contributed by atoms with Crippen molar-refractivity contribution < 1.29 is 9.53 Å². The van der Waals surface area contributed by atoms with Gasteiger partial charge in [-0.1, -0.05) is 24.3 Å². The Kier molecular flexibility index (Phi) is 1.75. The first-order chi connectivity index (χ1) is 7.47. The second kappa shape index (κ2) is 2.77. The van der Waals surface area contributed by atoms with Gasteiger partial charge in [-0.15, -0.1) is 0 Å². The van der Waals surface area contributed by atoms with Gasteiger partial charge in [-0.05, 0) is 20.8 Å². The van der Waals surface area contributed by atoms with Crippen LogP contribution in [0.15, 0.2) is 24.3 Å². The molecule has 0 unspecified atom stereocenters. The van der Waals surface area contributed by atoms with Gasteiger partial charge < -0.3 is 9.64 Å². The summed E-state index contributed by atoms with van der Waals surface area (Å²) in [4.78, 5) is 14.4. The predicted molar refractivity (Wildman–Crippen MR) is 60.5 cm³/mol. The summed E-state index contributed by atoms with van der Waals surface area (Å²) in [7, 11) is 0. The van der Waals surface area contributed by atoms with Crippen molar-refractivity contribution >= 4 is 5.91 Å². The fourth-order valence-corrected chi connectivity index (χ4v) is 3.05. The fourth-order valence-electron chi connectivity index (χ4n) is 3.05. The molecule has 1 aliphatic carbocycles. The molecule has 3 nitrogen and oxygen atoms in total. The predicted octanol–water partition coefficient (Wildman–Crippen LogP) is 1.71. The van der Waals surface area contributed by atoms with Crippen molar-refractivity contribution in [3.8, 4) is 0 Å². The molecule has 2 aliphatic heterocycles. The highest BCUT2D eigenvalue weighted by atomic mass is 16.5. The highest BCUT2D eigenvalue weighted by molar-refractivity contribution is 5.89. The zero-order valence-electron chi connectivity index (χ0n) is 9.93. The number of hydrogen-bond donors (Lipinski definition) is 0. The first-order valence-electron chi connectivity index (χ1n) is 5.78. The number of nitrogens with zero attached hydrogens (tertiary/aromatic N) is 1. The normalized spacial score (nSPS) is 43.7. The summed E-state index contributed by atoms with van der Waals surface area (Å²) in [5.74, 6) is 0.359. The van der Waals surface area contributed by atoms with Crippen molar-refractivity contribution in [3.05, 3.63) is 24.3 Å². The standard InChI is InChI=1S/C13H17NO2/c1-12(2)8-16-10-9-6-4-5-7-13(9,3)11(15)14(10)12/h4-7,9-10H,8H2,1-3H3/t9-,10+,13-/m1/s1. The molecule has 0 bridgehead atoms. The second-order valence-electron chi connectivity index (χ2n) is 5.74. The van der Waals surface area contributed by atoms with E-state index in [9.17, 15) is 4.79 Å². The Labute approximate surface area is 95.8 Å². The number of rotatable bonds is 0. The van der Waals surface area contributed by atoms with Crippen molar-refractivity contribution in [2.75, 3.05) is 6.61 Å². The van der Waals surface area contributed by atoms with Gasteiger partial charge >= 0.3 is 0 Å². The molecule has 16 heavy (non-hydrogen) atoms. The van der Waals surface area contributed by atoms with Crippen LogP contribution in [0, 0.1) is 11.3 Å². The smallest absolute Gasteiger partial charge is 0.235 e. The topological polar surface area (TPSA) is 29.5 Å². The minimum absolute atomic E-state index is 0.0753. The van der Waals surface area contributed by atoms with Crippen molar-refractivity contribution in [2.45, 2.75) is 32.5 Å². The lowest BCUT2D eigenvalue weighted by molar-refractivity contribution is -0.137. The summed E-state index contributed by atoms with van der Waals surface area (Å²) in [6, 6.07) is 0. The number of ether oxygens (including phenoxy) is 1. The van der Waals surface area contributed by atoms with Gasteiger partial charge in [0.25, 0.3) is 0 Å². The molecular weight excluding hydrogens is 202 g/mol. The molecular formula is C13H17NO2. The maximum atomic E-state index is 12.5. The molecule has 3 rings (SSSR count). The van der Waals surface area contributed by atoms with Crippen molar-refractivity contribution in [2.24, 2.45) is 11.3 Å². The molecule has 0 aromatic heterocycles. The number of carbonyl (C=O) groups excluding carboxylic acids is 1. The van der Waals surface area contributed by atoms with E-state index in [1.807, 2.05) is 30.1 Å². The fraction of sp³-hybridized carbons (Fsp3) is 0.615. The largest absolute Gasteiger partial charge is 0.355 e. The highest BCUT2D eigenvalue weighted by Gasteiger charge is 2.61. The van der Waals surface area contributed by atoms with Crippen LogP contribution in [0.5, 0.6) is 0 Å². The first kappa shape index (κ1) is 10.1. The van der Waals surface area contributed by atoms with Gasteiger partial charge in [0.05, 0.1) is 17.6 Å². The van der Waals surface area contributed by atoms with Crippen LogP contribution in [0.3, 0.4) is 0 Å². The Bertz CT molecular complexity index is 410. The maximum absolute atomic E-state index is 12.5. The SMILES string of the molecule is CC1(C)CO[C@H]2[C@H]3C=CC=C[C@@]3(C)C(=O)N21. The summed E-state index contributed by atoms with van der Waals surface area (Å²) < 4.78 is 5.82. The molecule has 3 atom stereocenters. The minimum atomic E-state index is -0.406. The Morgan fingerprint density at radius 2 is 2.12 bits per heavy atom. The van der Waals surface area contributed by atoms with Crippen LogP contribution in [0.2, 0.25) is 0 Å². The molecule has 0 N–H and O–H groups in total. The van der Waals surface area contributed by atoms with Crippen LogP contribution in [0.1, 0.15) is 20.8 Å². The first-order valence-corrected chi connectivity index (χ1v) is 5.78. The molecule has 0 aromatic carbocycles. The lowest BCUT2D eigenvalue weighted by Crippen LogP contribution is -2.46. The van der Waals surface area contributed by atoms with Gasteiger partial charge in [0.15, 0.2) is 0 Å². The third-order valence-corrected chi connectivity index (χ3v) is 4.07. The lowest BCUT2D eigenvalue weighted by Gasteiger charge is -2.30. The Morgan fingerprint density at radius 3 is 2.88 bits per heavy atom. The van der Waals surface area contributed by atoms with E-state index in [1.165, 1.54) is 0 Å². The molecule has 1 amide bonds. The molecule has 86 valence electrons. The molecule has 2 saturated heterocycles. The third kappa shape index (κ3) is 0.995. The average molecular weight is 219 g/mol. The molecule has 0 aromatic rings. The van der Waals surface area contributed by atoms with Crippen LogP contribution in [-0.4, -0.2) is 29.2 Å². The quantitative estimate of drug-likeness (QED) is 0.620. The number of amides is 1. The maximum Gasteiger partial charge on any atom is 0.235 e. The molecule has 0 spiro atoms. The highest BCUT2D eigenvalue weighted by Crippen LogP contribution is 2.50. The Morgan fingerprint density at radius 1 is 1.38 bits per heavy atom. The summed E-state index contributed by atoms with van der Waals surface area (Å²) >= 11 is 0. The van der Waals surface area contributed by atoms with Gasteiger partial charge in [0.2, 0.25) is 5.91 Å². The van der Waals surface area contributed by atoms with Crippen molar-refractivity contribution in [1.29, 1.82) is 0 Å². The van der Waals surface area contributed by atoms with Crippen LogP contribution in [0.25, 0.3) is 0 Å². The van der Waals surface area contributed by atoms with Crippen LogP contribution < -0.4 is 0 Å². The van der Waals surface area contributed by atoms with Gasteiger partial charge in [-0.3, -0.25) is 4.79 Å². The van der Waals surface area contributed by atoms with E-state index < -0.39 is 5.41 Å². The van der Waals surface area contributed by atoms with Gasteiger partial charge in [0, 0.05) is 5.92 Å². The third-order valence-electron chi connectivity index (χ3n) is 4.07. The van der Waals surface area contributed by atoms with E-state index in [0.717, 1.165) is 0 Å². The van der Waals surface area contributed by atoms with Crippen molar-refractivity contribution in [1.82, 2.24) is 4.90 Å². The summed E-state index contributed by atoms with van der Waals surface area (Å²) in [6.45, 7) is 6.78. The summed E-state index contributed by atoms with van der Waals surface area (Å²) in [5.41, 5.74) is -0.582. The molecule has 2 fully saturated rings. The van der Waals surface area contributed by atoms with Gasteiger partial charge in [0.1, 0.15) is 6.23 Å². The van der Waals surface area contributed by atoms with Crippen LogP contribution in [-0.2, 0) is 9.53 Å². The molecule has 0 radical (unpaired) electrons. The van der Waals surface area contributed by atoms with E-state index >= 15 is 0 Å². The summed E-state index contributed by atoms with van der Waals surface area (Å²) in [6.07, 6.45) is 8.01. The second-order valence-corrected chi connectivity index (χ2v) is 5.74. The molecule has 2 heterocycles. The van der Waals surface area contributed by atoms with Gasteiger partial charge in [-0.25, -0.2) is 0 Å². The number of hydrogen-bond acceptors (Lipinski definition) is 2. The van der Waals surface area contributed by atoms with E-state index in [4.69, 9.17) is 4.74 Å². The average Bonchev–Trinajstić information content (AvgIpc) is 2.64. The lowest BCUT2D eigenvalue weighted by atomic mass is 9.76. The van der Waals surface area contributed by atoms with Gasteiger partial charge in [-0.2, -0.15) is 0 Å². The zero-order chi connectivity index (χ0) is 11.6. The number of allylic oxidation sites excluding steroid dienone is 2. The Hall–Kier alpha value is -1.09. The van der Waals surface area contributed by atoms with Crippen LogP contribution in [0.4, 0.5) is 0 Å². The van der Waals surface area contributed by atoms with E-state index in [1.54, 1.807) is 0 Å². The van der Waals surface area contributed by atoms with E-state index in [-0.39, 0.29) is 23.6 Å². The van der Waals surface area contributed by atoms with Crippen molar-refractivity contribution in [3.63, 3.8) is 0 Å². The van der Waals surface area contributed by atoms with Crippen LogP contribution >= 0.6 is 0 Å². The minimum Gasteiger partial charge on any atom is -0.355 e. The number of carbonyl (C=O) groups is 1. The Balaban J connectivity index is 2.09. The molecule has 0 saturated carbocycles. The molecule has 3 aliphatic rings.